The second kappa shape index (κ2) is 9.40. The van der Waals surface area contributed by atoms with Gasteiger partial charge in [0.25, 0.3) is 0 Å². The number of ether oxygens (including phenoxy) is 1. The summed E-state index contributed by atoms with van der Waals surface area (Å²) in [6.07, 6.45) is 7.03. The molecular weight excluding hydrogens is 304 g/mol. The Labute approximate surface area is 144 Å². The van der Waals surface area contributed by atoms with Crippen LogP contribution in [-0.2, 0) is 6.42 Å². The summed E-state index contributed by atoms with van der Waals surface area (Å²) in [5, 5.41) is 15.4. The second-order valence-corrected chi connectivity index (χ2v) is 6.69. The number of carbonyl (C=O) groups is 1. The summed E-state index contributed by atoms with van der Waals surface area (Å²) in [5.74, 6) is 2.10. The van der Waals surface area contributed by atoms with Gasteiger partial charge >= 0.3 is 6.03 Å². The van der Waals surface area contributed by atoms with E-state index < -0.39 is 0 Å². The van der Waals surface area contributed by atoms with Crippen molar-refractivity contribution in [1.82, 2.24) is 10.6 Å². The normalized spacial score (nSPS) is 20.4. The molecule has 134 valence electrons. The molecular formula is C19H30N2O3. The lowest BCUT2D eigenvalue weighted by molar-refractivity contribution is 0.230. The van der Waals surface area contributed by atoms with Gasteiger partial charge in [-0.3, -0.25) is 0 Å². The Bertz CT molecular complexity index is 525. The van der Waals surface area contributed by atoms with E-state index in [9.17, 15) is 9.90 Å². The van der Waals surface area contributed by atoms with Crippen molar-refractivity contribution in [3.8, 4) is 11.5 Å². The number of aromatic hydroxyl groups is 1. The van der Waals surface area contributed by atoms with E-state index in [0.717, 1.165) is 18.0 Å². The van der Waals surface area contributed by atoms with E-state index in [1.807, 2.05) is 6.07 Å². The fourth-order valence-electron chi connectivity index (χ4n) is 3.34. The molecule has 0 radical (unpaired) electrons. The number of hydrogen-bond donors (Lipinski definition) is 3. The number of amides is 2. The number of hydrogen-bond acceptors (Lipinski definition) is 3. The van der Waals surface area contributed by atoms with Gasteiger partial charge < -0.3 is 20.5 Å². The maximum Gasteiger partial charge on any atom is 0.314 e. The van der Waals surface area contributed by atoms with Crippen LogP contribution in [0.3, 0.4) is 0 Å². The van der Waals surface area contributed by atoms with Crippen molar-refractivity contribution in [1.29, 1.82) is 0 Å². The van der Waals surface area contributed by atoms with Gasteiger partial charge in [-0.2, -0.15) is 0 Å². The maximum absolute atomic E-state index is 11.9. The van der Waals surface area contributed by atoms with Crippen molar-refractivity contribution in [3.05, 3.63) is 23.8 Å². The van der Waals surface area contributed by atoms with E-state index in [1.165, 1.54) is 39.2 Å². The smallest absolute Gasteiger partial charge is 0.314 e. The van der Waals surface area contributed by atoms with E-state index in [2.05, 4.69) is 17.6 Å². The fraction of sp³-hybridized carbons (Fsp3) is 0.632. The summed E-state index contributed by atoms with van der Waals surface area (Å²) < 4.78 is 5.08. The van der Waals surface area contributed by atoms with Gasteiger partial charge in [0.1, 0.15) is 0 Å². The van der Waals surface area contributed by atoms with Gasteiger partial charge in [0, 0.05) is 13.1 Å². The van der Waals surface area contributed by atoms with Crippen LogP contribution in [0.15, 0.2) is 18.2 Å². The quantitative estimate of drug-likeness (QED) is 0.715. The number of carbonyl (C=O) groups excluding carboxylic acids is 1. The summed E-state index contributed by atoms with van der Waals surface area (Å²) in [7, 11) is 1.53. The molecule has 0 bridgehead atoms. The Kier molecular flexibility index (Phi) is 7.22. The monoisotopic (exact) mass is 334 g/mol. The van der Waals surface area contributed by atoms with Crippen molar-refractivity contribution < 1.29 is 14.6 Å². The molecule has 3 N–H and O–H groups in total. The van der Waals surface area contributed by atoms with E-state index in [4.69, 9.17) is 4.74 Å². The SMILES string of the molecule is CCC1CCC(CNC(=O)NCCc2ccc(O)c(OC)c2)CC1. The summed E-state index contributed by atoms with van der Waals surface area (Å²) in [5.41, 5.74) is 1.02. The Morgan fingerprint density at radius 1 is 1.21 bits per heavy atom. The van der Waals surface area contributed by atoms with Crippen LogP contribution < -0.4 is 15.4 Å². The lowest BCUT2D eigenvalue weighted by Gasteiger charge is -2.27. The summed E-state index contributed by atoms with van der Waals surface area (Å²) in [6, 6.07) is 5.14. The highest BCUT2D eigenvalue weighted by atomic mass is 16.5. The topological polar surface area (TPSA) is 70.6 Å². The molecule has 24 heavy (non-hydrogen) atoms. The largest absolute Gasteiger partial charge is 0.504 e. The zero-order chi connectivity index (χ0) is 17.4. The molecule has 0 spiro atoms. The van der Waals surface area contributed by atoms with Crippen LogP contribution >= 0.6 is 0 Å². The van der Waals surface area contributed by atoms with Crippen LogP contribution in [0.1, 0.15) is 44.6 Å². The molecule has 1 saturated carbocycles. The third-order valence-electron chi connectivity index (χ3n) is 5.04. The molecule has 0 saturated heterocycles. The van der Waals surface area contributed by atoms with E-state index in [-0.39, 0.29) is 11.8 Å². The average Bonchev–Trinajstić information content (AvgIpc) is 2.61. The van der Waals surface area contributed by atoms with Crippen LogP contribution in [0.4, 0.5) is 4.79 Å². The van der Waals surface area contributed by atoms with Crippen molar-refractivity contribution in [2.24, 2.45) is 11.8 Å². The molecule has 0 unspecified atom stereocenters. The minimum atomic E-state index is -0.0987. The summed E-state index contributed by atoms with van der Waals surface area (Å²) >= 11 is 0. The van der Waals surface area contributed by atoms with Crippen LogP contribution in [0.25, 0.3) is 0 Å². The van der Waals surface area contributed by atoms with Gasteiger partial charge in [0.2, 0.25) is 0 Å². The second-order valence-electron chi connectivity index (χ2n) is 6.69. The molecule has 0 atom stereocenters. The number of urea groups is 1. The summed E-state index contributed by atoms with van der Waals surface area (Å²) in [6.45, 7) is 3.60. The zero-order valence-corrected chi connectivity index (χ0v) is 14.8. The van der Waals surface area contributed by atoms with Crippen molar-refractivity contribution in [2.75, 3.05) is 20.2 Å². The van der Waals surface area contributed by atoms with E-state index in [1.54, 1.807) is 12.1 Å². The molecule has 1 aromatic rings. The van der Waals surface area contributed by atoms with E-state index in [0.29, 0.717) is 24.6 Å². The van der Waals surface area contributed by atoms with Gasteiger partial charge in [-0.25, -0.2) is 4.79 Å². The molecule has 2 rings (SSSR count). The minimum Gasteiger partial charge on any atom is -0.504 e. The Morgan fingerprint density at radius 2 is 1.92 bits per heavy atom. The van der Waals surface area contributed by atoms with Gasteiger partial charge in [-0.15, -0.1) is 0 Å². The number of phenolic OH excluding ortho intramolecular Hbond substituents is 1. The number of rotatable bonds is 7. The first-order chi connectivity index (χ1) is 11.6. The average molecular weight is 334 g/mol. The molecule has 0 heterocycles. The number of phenols is 1. The zero-order valence-electron chi connectivity index (χ0n) is 14.8. The molecule has 0 aliphatic heterocycles. The van der Waals surface area contributed by atoms with Gasteiger partial charge in [-0.1, -0.05) is 32.3 Å². The van der Waals surface area contributed by atoms with Gasteiger partial charge in [0.05, 0.1) is 7.11 Å². The molecule has 0 aromatic heterocycles. The lowest BCUT2D eigenvalue weighted by atomic mass is 9.81. The standard InChI is InChI=1S/C19H30N2O3/c1-3-14-4-6-16(7-5-14)13-21-19(23)20-11-10-15-8-9-17(22)18(12-15)24-2/h8-9,12,14,16,22H,3-7,10-11,13H2,1-2H3,(H2,20,21,23). The third kappa shape index (κ3) is 5.62. The minimum absolute atomic E-state index is 0.0987. The Balaban J connectivity index is 1.63. The molecule has 1 aromatic carbocycles. The van der Waals surface area contributed by atoms with Crippen LogP contribution in [0.5, 0.6) is 11.5 Å². The number of methoxy groups -OCH3 is 1. The molecule has 1 fully saturated rings. The fourth-order valence-corrected chi connectivity index (χ4v) is 3.34. The molecule has 2 amide bonds. The van der Waals surface area contributed by atoms with Crippen LogP contribution in [0.2, 0.25) is 0 Å². The first-order valence-electron chi connectivity index (χ1n) is 9.00. The van der Waals surface area contributed by atoms with E-state index >= 15 is 0 Å². The van der Waals surface area contributed by atoms with Crippen molar-refractivity contribution >= 4 is 6.03 Å². The predicted octanol–water partition coefficient (Wildman–Crippen LogP) is 3.46. The Morgan fingerprint density at radius 3 is 2.58 bits per heavy atom. The first kappa shape index (κ1) is 18.4. The predicted molar refractivity (Wildman–Crippen MR) is 95.5 cm³/mol. The highest BCUT2D eigenvalue weighted by molar-refractivity contribution is 5.73. The number of benzene rings is 1. The summed E-state index contributed by atoms with van der Waals surface area (Å²) in [4.78, 5) is 11.9. The number of nitrogens with one attached hydrogen (secondary N) is 2. The van der Waals surface area contributed by atoms with Crippen LogP contribution in [-0.4, -0.2) is 31.3 Å². The maximum atomic E-state index is 11.9. The highest BCUT2D eigenvalue weighted by Crippen LogP contribution is 2.30. The lowest BCUT2D eigenvalue weighted by Crippen LogP contribution is -2.39. The molecule has 5 nitrogen and oxygen atoms in total. The highest BCUT2D eigenvalue weighted by Gasteiger charge is 2.20. The van der Waals surface area contributed by atoms with Crippen LogP contribution in [0, 0.1) is 11.8 Å². The van der Waals surface area contributed by atoms with Gasteiger partial charge in [-0.05, 0) is 48.8 Å². The van der Waals surface area contributed by atoms with Crippen molar-refractivity contribution in [3.63, 3.8) is 0 Å². The molecule has 1 aliphatic rings. The third-order valence-corrected chi connectivity index (χ3v) is 5.04. The molecule has 5 heteroatoms. The first-order valence-corrected chi connectivity index (χ1v) is 9.00. The molecule has 1 aliphatic carbocycles. The Hall–Kier alpha value is -1.91. The van der Waals surface area contributed by atoms with Gasteiger partial charge in [0.15, 0.2) is 11.5 Å². The van der Waals surface area contributed by atoms with Crippen molar-refractivity contribution in [2.45, 2.75) is 45.4 Å².